The van der Waals surface area contributed by atoms with Crippen molar-refractivity contribution < 1.29 is 9.90 Å². The van der Waals surface area contributed by atoms with Crippen LogP contribution < -0.4 is 0 Å². The molecule has 102 valence electrons. The minimum Gasteiger partial charge on any atom is -0.481 e. The lowest BCUT2D eigenvalue weighted by Gasteiger charge is -2.06. The van der Waals surface area contributed by atoms with Gasteiger partial charge in [0, 0.05) is 23.0 Å². The standard InChI is InChI=1S/C12H15N3O2S2/c1-3-9-5-13-10(19-9)6-15-8(2)4-14-12(15)18-7-11(16)17/h4-5H,3,6-7H2,1-2H3,(H,16,17). The molecule has 0 atom stereocenters. The molecule has 0 aliphatic heterocycles. The minimum atomic E-state index is -0.834. The Bertz CT molecular complexity index is 577. The number of hydrogen-bond donors (Lipinski definition) is 1. The van der Waals surface area contributed by atoms with Gasteiger partial charge in [-0.1, -0.05) is 18.7 Å². The van der Waals surface area contributed by atoms with Gasteiger partial charge in [-0.25, -0.2) is 9.97 Å². The number of carboxylic acids is 1. The Morgan fingerprint density at radius 3 is 2.89 bits per heavy atom. The lowest BCUT2D eigenvalue weighted by molar-refractivity contribution is -0.133. The van der Waals surface area contributed by atoms with Crippen molar-refractivity contribution in [2.45, 2.75) is 32.0 Å². The largest absolute Gasteiger partial charge is 0.481 e. The summed E-state index contributed by atoms with van der Waals surface area (Å²) in [5, 5.41) is 10.5. The number of hydrogen-bond acceptors (Lipinski definition) is 5. The highest BCUT2D eigenvalue weighted by Gasteiger charge is 2.11. The molecule has 0 spiro atoms. The van der Waals surface area contributed by atoms with E-state index < -0.39 is 5.97 Å². The first kappa shape index (κ1) is 14.1. The van der Waals surface area contributed by atoms with Gasteiger partial charge in [0.25, 0.3) is 0 Å². The van der Waals surface area contributed by atoms with E-state index in [1.807, 2.05) is 17.7 Å². The highest BCUT2D eigenvalue weighted by Crippen LogP contribution is 2.21. The first-order valence-corrected chi connectivity index (χ1v) is 7.70. The van der Waals surface area contributed by atoms with Crippen LogP contribution in [0.1, 0.15) is 22.5 Å². The van der Waals surface area contributed by atoms with Crippen LogP contribution in [0.4, 0.5) is 0 Å². The van der Waals surface area contributed by atoms with Gasteiger partial charge in [0.05, 0.1) is 12.3 Å². The fourth-order valence-corrected chi connectivity index (χ4v) is 3.19. The van der Waals surface area contributed by atoms with Crippen LogP contribution in [0.25, 0.3) is 0 Å². The van der Waals surface area contributed by atoms with Crippen molar-refractivity contribution in [1.82, 2.24) is 14.5 Å². The number of thioether (sulfide) groups is 1. The van der Waals surface area contributed by atoms with Crippen LogP contribution in [0.15, 0.2) is 17.6 Å². The molecule has 0 aliphatic carbocycles. The second-order valence-electron chi connectivity index (χ2n) is 4.02. The van der Waals surface area contributed by atoms with Crippen LogP contribution in [0.2, 0.25) is 0 Å². The molecule has 0 saturated carbocycles. The Morgan fingerprint density at radius 2 is 2.26 bits per heavy atom. The summed E-state index contributed by atoms with van der Waals surface area (Å²) < 4.78 is 2.01. The van der Waals surface area contributed by atoms with Gasteiger partial charge >= 0.3 is 5.97 Å². The van der Waals surface area contributed by atoms with Crippen molar-refractivity contribution in [3.63, 3.8) is 0 Å². The van der Waals surface area contributed by atoms with Crippen molar-refractivity contribution >= 4 is 29.1 Å². The Morgan fingerprint density at radius 1 is 1.47 bits per heavy atom. The molecule has 0 unspecified atom stereocenters. The zero-order chi connectivity index (χ0) is 13.8. The second kappa shape index (κ2) is 6.21. The minimum absolute atomic E-state index is 0.0224. The average molecular weight is 297 g/mol. The van der Waals surface area contributed by atoms with E-state index in [9.17, 15) is 4.79 Å². The average Bonchev–Trinajstić information content (AvgIpc) is 2.96. The summed E-state index contributed by atoms with van der Waals surface area (Å²) in [5.74, 6) is -0.811. The molecule has 0 saturated heterocycles. The van der Waals surface area contributed by atoms with Crippen LogP contribution in [-0.2, 0) is 17.8 Å². The molecule has 2 aromatic heterocycles. The quantitative estimate of drug-likeness (QED) is 0.829. The fourth-order valence-electron chi connectivity index (χ4n) is 1.59. The molecule has 5 nitrogen and oxygen atoms in total. The predicted octanol–water partition coefficient (Wildman–Crippen LogP) is 2.44. The van der Waals surface area contributed by atoms with Gasteiger partial charge in [-0.15, -0.1) is 11.3 Å². The van der Waals surface area contributed by atoms with Crippen LogP contribution in [0.5, 0.6) is 0 Å². The number of rotatable bonds is 6. The third kappa shape index (κ3) is 3.57. The van der Waals surface area contributed by atoms with Gasteiger partial charge in [-0.2, -0.15) is 0 Å². The number of aromatic nitrogens is 3. The summed E-state index contributed by atoms with van der Waals surface area (Å²) in [6.07, 6.45) is 4.65. The molecule has 0 aromatic carbocycles. The maximum absolute atomic E-state index is 10.6. The lowest BCUT2D eigenvalue weighted by Crippen LogP contribution is -2.05. The molecule has 19 heavy (non-hydrogen) atoms. The monoisotopic (exact) mass is 297 g/mol. The van der Waals surface area contributed by atoms with Gasteiger partial charge in [0.2, 0.25) is 0 Å². The number of imidazole rings is 1. The van der Waals surface area contributed by atoms with Crippen molar-refractivity contribution in [3.05, 3.63) is 28.0 Å². The van der Waals surface area contributed by atoms with Gasteiger partial charge in [0.1, 0.15) is 5.01 Å². The van der Waals surface area contributed by atoms with E-state index in [1.54, 1.807) is 17.5 Å². The van der Waals surface area contributed by atoms with Gasteiger partial charge in [-0.05, 0) is 13.3 Å². The van der Waals surface area contributed by atoms with Crippen LogP contribution in [0, 0.1) is 6.92 Å². The smallest absolute Gasteiger partial charge is 0.313 e. The van der Waals surface area contributed by atoms with E-state index in [1.165, 1.54) is 16.6 Å². The highest BCUT2D eigenvalue weighted by atomic mass is 32.2. The van der Waals surface area contributed by atoms with Crippen molar-refractivity contribution in [1.29, 1.82) is 0 Å². The molecular weight excluding hydrogens is 282 g/mol. The number of aliphatic carboxylic acids is 1. The molecule has 0 bridgehead atoms. The fraction of sp³-hybridized carbons (Fsp3) is 0.417. The second-order valence-corrected chi connectivity index (χ2v) is 6.17. The van der Waals surface area contributed by atoms with E-state index in [-0.39, 0.29) is 5.75 Å². The normalized spacial score (nSPS) is 10.8. The van der Waals surface area contributed by atoms with E-state index in [2.05, 4.69) is 16.9 Å². The van der Waals surface area contributed by atoms with Gasteiger partial charge < -0.3 is 9.67 Å². The van der Waals surface area contributed by atoms with Crippen molar-refractivity contribution in [3.8, 4) is 0 Å². The lowest BCUT2D eigenvalue weighted by atomic mass is 10.4. The zero-order valence-corrected chi connectivity index (χ0v) is 12.4. The third-order valence-corrected chi connectivity index (χ3v) is 4.69. The first-order valence-electron chi connectivity index (χ1n) is 5.90. The SMILES string of the molecule is CCc1cnc(Cn2c(C)cnc2SCC(=O)O)s1. The maximum atomic E-state index is 10.6. The molecule has 0 amide bonds. The third-order valence-electron chi connectivity index (χ3n) is 2.59. The molecule has 2 aromatic rings. The molecule has 0 radical (unpaired) electrons. The molecule has 7 heteroatoms. The van der Waals surface area contributed by atoms with Crippen LogP contribution >= 0.6 is 23.1 Å². The Labute approximate surface area is 119 Å². The van der Waals surface area contributed by atoms with E-state index in [0.717, 1.165) is 22.3 Å². The summed E-state index contributed by atoms with van der Waals surface area (Å²) in [4.78, 5) is 20.5. The Kier molecular flexibility index (Phi) is 4.60. The molecule has 2 rings (SSSR count). The van der Waals surface area contributed by atoms with E-state index in [4.69, 9.17) is 5.11 Å². The number of thiazole rings is 1. The number of carbonyl (C=O) groups is 1. The number of aryl methyl sites for hydroxylation is 2. The van der Waals surface area contributed by atoms with E-state index >= 15 is 0 Å². The first-order chi connectivity index (χ1) is 9.10. The summed E-state index contributed by atoms with van der Waals surface area (Å²) in [6.45, 7) is 4.72. The summed E-state index contributed by atoms with van der Waals surface area (Å²) >= 11 is 2.92. The predicted molar refractivity (Wildman–Crippen MR) is 75.9 cm³/mol. The van der Waals surface area contributed by atoms with E-state index in [0.29, 0.717) is 6.54 Å². The summed E-state index contributed by atoms with van der Waals surface area (Å²) in [6, 6.07) is 0. The van der Waals surface area contributed by atoms with Crippen LogP contribution in [0.3, 0.4) is 0 Å². The zero-order valence-electron chi connectivity index (χ0n) is 10.8. The molecular formula is C12H15N3O2S2. The van der Waals surface area contributed by atoms with Crippen molar-refractivity contribution in [2.24, 2.45) is 0 Å². The van der Waals surface area contributed by atoms with Crippen molar-refractivity contribution in [2.75, 3.05) is 5.75 Å². The molecule has 0 aliphatic rings. The molecule has 2 heterocycles. The molecule has 0 fully saturated rings. The summed E-state index contributed by atoms with van der Waals surface area (Å²) in [5.41, 5.74) is 1.01. The maximum Gasteiger partial charge on any atom is 0.313 e. The van der Waals surface area contributed by atoms with Gasteiger partial charge in [-0.3, -0.25) is 4.79 Å². The number of nitrogens with zero attached hydrogens (tertiary/aromatic N) is 3. The molecule has 1 N–H and O–H groups in total. The Hall–Kier alpha value is -1.34. The highest BCUT2D eigenvalue weighted by molar-refractivity contribution is 7.99. The Balaban J connectivity index is 2.14. The topological polar surface area (TPSA) is 68.0 Å². The van der Waals surface area contributed by atoms with Gasteiger partial charge in [0.15, 0.2) is 5.16 Å². The van der Waals surface area contributed by atoms with Crippen LogP contribution in [-0.4, -0.2) is 31.4 Å². The number of carboxylic acid groups (broad SMARTS) is 1. The summed E-state index contributed by atoms with van der Waals surface area (Å²) in [7, 11) is 0.